The summed E-state index contributed by atoms with van der Waals surface area (Å²) in [6, 6.07) is 20.4. The number of aryl methyl sites for hydroxylation is 2. The third-order valence-electron chi connectivity index (χ3n) is 7.34. The molecule has 1 saturated carbocycles. The van der Waals surface area contributed by atoms with E-state index < -0.39 is 28.5 Å². The van der Waals surface area contributed by atoms with Crippen LogP contribution in [0.5, 0.6) is 0 Å². The van der Waals surface area contributed by atoms with Crippen molar-refractivity contribution in [1.82, 2.24) is 10.2 Å². The average molecular weight is 627 g/mol. The topological polar surface area (TPSA) is 86.8 Å². The van der Waals surface area contributed by atoms with Gasteiger partial charge in [0.25, 0.3) is 10.0 Å². The fourth-order valence-electron chi connectivity index (χ4n) is 4.84. The summed E-state index contributed by atoms with van der Waals surface area (Å²) < 4.78 is 29.8. The smallest absolute Gasteiger partial charge is 0.264 e. The molecule has 3 aromatic carbocycles. The predicted molar refractivity (Wildman–Crippen MR) is 161 cm³/mol. The zero-order chi connectivity index (χ0) is 28.9. The Morgan fingerprint density at radius 2 is 1.45 bits per heavy atom. The summed E-state index contributed by atoms with van der Waals surface area (Å²) >= 11 is 3.44. The lowest BCUT2D eigenvalue weighted by Gasteiger charge is -2.32. The molecule has 0 aliphatic heterocycles. The number of anilines is 1. The first-order valence-corrected chi connectivity index (χ1v) is 15.8. The molecule has 0 radical (unpaired) electrons. The average Bonchev–Trinajstić information content (AvgIpc) is 3.44. The van der Waals surface area contributed by atoms with Crippen LogP contribution < -0.4 is 9.62 Å². The van der Waals surface area contributed by atoms with Crippen LogP contribution in [0.25, 0.3) is 0 Å². The van der Waals surface area contributed by atoms with Gasteiger partial charge < -0.3 is 10.2 Å². The largest absolute Gasteiger partial charge is 0.352 e. The van der Waals surface area contributed by atoms with E-state index in [9.17, 15) is 18.0 Å². The van der Waals surface area contributed by atoms with E-state index in [2.05, 4.69) is 21.2 Å². The number of carbonyl (C=O) groups is 2. The number of hydrogen-bond acceptors (Lipinski definition) is 4. The van der Waals surface area contributed by atoms with Gasteiger partial charge >= 0.3 is 0 Å². The first kappa shape index (κ1) is 29.8. The second-order valence-electron chi connectivity index (χ2n) is 10.5. The standard InChI is InChI=1S/C31H36BrN3O4S/c1-22-8-16-28(17-9-22)35(40(38,39)29-18-10-23(2)11-19-29)21-30(36)34(20-25-12-14-26(32)15-13-25)24(3)31(37)33-27-6-4-5-7-27/h8-19,24,27H,4-7,20-21H2,1-3H3,(H,33,37). The van der Waals surface area contributed by atoms with Gasteiger partial charge in [0.15, 0.2) is 0 Å². The molecule has 0 aromatic heterocycles. The number of nitrogens with one attached hydrogen (secondary N) is 1. The van der Waals surface area contributed by atoms with Gasteiger partial charge in [0, 0.05) is 17.1 Å². The van der Waals surface area contributed by atoms with Crippen LogP contribution in [-0.2, 0) is 26.2 Å². The fourth-order valence-corrected chi connectivity index (χ4v) is 6.52. The Hall–Kier alpha value is -3.17. The maximum atomic E-state index is 14.0. The van der Waals surface area contributed by atoms with E-state index in [-0.39, 0.29) is 23.4 Å². The van der Waals surface area contributed by atoms with Gasteiger partial charge in [-0.25, -0.2) is 8.42 Å². The van der Waals surface area contributed by atoms with E-state index in [0.29, 0.717) is 5.69 Å². The van der Waals surface area contributed by atoms with Gasteiger partial charge in [0.2, 0.25) is 11.8 Å². The van der Waals surface area contributed by atoms with E-state index >= 15 is 0 Å². The molecule has 1 aliphatic carbocycles. The van der Waals surface area contributed by atoms with Gasteiger partial charge in [0.05, 0.1) is 10.6 Å². The van der Waals surface area contributed by atoms with Gasteiger partial charge in [-0.1, -0.05) is 76.3 Å². The lowest BCUT2D eigenvalue weighted by molar-refractivity contribution is -0.139. The summed E-state index contributed by atoms with van der Waals surface area (Å²) in [5.74, 6) is -0.700. The van der Waals surface area contributed by atoms with E-state index in [1.807, 2.05) is 50.2 Å². The number of benzene rings is 3. The van der Waals surface area contributed by atoms with Crippen LogP contribution in [-0.4, -0.2) is 43.8 Å². The van der Waals surface area contributed by atoms with Crippen molar-refractivity contribution in [3.63, 3.8) is 0 Å². The van der Waals surface area contributed by atoms with Crippen molar-refractivity contribution >= 4 is 43.5 Å². The minimum atomic E-state index is -4.08. The van der Waals surface area contributed by atoms with Gasteiger partial charge in [-0.15, -0.1) is 0 Å². The molecular weight excluding hydrogens is 590 g/mol. The zero-order valence-corrected chi connectivity index (χ0v) is 25.5. The molecule has 212 valence electrons. The van der Waals surface area contributed by atoms with E-state index in [1.165, 1.54) is 4.90 Å². The Balaban J connectivity index is 1.67. The van der Waals surface area contributed by atoms with Crippen molar-refractivity contribution in [1.29, 1.82) is 0 Å². The maximum absolute atomic E-state index is 14.0. The SMILES string of the molecule is Cc1ccc(N(CC(=O)N(Cc2ccc(Br)cc2)C(C)C(=O)NC2CCCC2)S(=O)(=O)c2ccc(C)cc2)cc1. The Bertz CT molecular complexity index is 1420. The molecule has 9 heteroatoms. The number of amides is 2. The highest BCUT2D eigenvalue weighted by Gasteiger charge is 2.33. The summed E-state index contributed by atoms with van der Waals surface area (Å²) in [6.07, 6.45) is 4.00. The second kappa shape index (κ2) is 13.0. The Morgan fingerprint density at radius 3 is 2.02 bits per heavy atom. The summed E-state index contributed by atoms with van der Waals surface area (Å²) in [5.41, 5.74) is 3.11. The van der Waals surface area contributed by atoms with Crippen molar-refractivity contribution in [3.8, 4) is 0 Å². The lowest BCUT2D eigenvalue weighted by atomic mass is 10.1. The maximum Gasteiger partial charge on any atom is 0.264 e. The Kier molecular flexibility index (Phi) is 9.68. The molecule has 1 N–H and O–H groups in total. The van der Waals surface area contributed by atoms with Gasteiger partial charge in [0.1, 0.15) is 12.6 Å². The molecule has 0 spiro atoms. The molecule has 2 amide bonds. The molecule has 0 heterocycles. The molecule has 3 aromatic rings. The number of halogens is 1. The van der Waals surface area contributed by atoms with Crippen LogP contribution in [0.2, 0.25) is 0 Å². The van der Waals surface area contributed by atoms with Gasteiger partial charge in [-0.3, -0.25) is 13.9 Å². The molecular formula is C31H36BrN3O4S. The van der Waals surface area contributed by atoms with Crippen LogP contribution in [0.15, 0.2) is 82.2 Å². The monoisotopic (exact) mass is 625 g/mol. The zero-order valence-electron chi connectivity index (χ0n) is 23.1. The van der Waals surface area contributed by atoms with Crippen molar-refractivity contribution in [2.75, 3.05) is 10.8 Å². The van der Waals surface area contributed by atoms with Crippen LogP contribution in [0, 0.1) is 13.8 Å². The highest BCUT2D eigenvalue weighted by molar-refractivity contribution is 9.10. The quantitative estimate of drug-likeness (QED) is 0.311. The van der Waals surface area contributed by atoms with E-state index in [0.717, 1.165) is 51.2 Å². The predicted octanol–water partition coefficient (Wildman–Crippen LogP) is 5.74. The van der Waals surface area contributed by atoms with E-state index in [1.54, 1.807) is 43.3 Å². The lowest BCUT2D eigenvalue weighted by Crippen LogP contribution is -2.52. The molecule has 7 nitrogen and oxygen atoms in total. The first-order valence-electron chi connectivity index (χ1n) is 13.5. The summed E-state index contributed by atoms with van der Waals surface area (Å²) in [4.78, 5) is 28.9. The van der Waals surface area contributed by atoms with Crippen LogP contribution in [0.4, 0.5) is 5.69 Å². The summed E-state index contributed by atoms with van der Waals surface area (Å²) in [7, 11) is -4.08. The molecule has 1 unspecified atom stereocenters. The second-order valence-corrected chi connectivity index (χ2v) is 13.3. The summed E-state index contributed by atoms with van der Waals surface area (Å²) in [6.45, 7) is 5.22. The molecule has 4 rings (SSSR count). The number of rotatable bonds is 10. The Labute approximate surface area is 245 Å². The third-order valence-corrected chi connectivity index (χ3v) is 9.66. The van der Waals surface area contributed by atoms with Crippen molar-refractivity contribution in [2.45, 2.75) is 70.0 Å². The third kappa shape index (κ3) is 7.31. The number of nitrogens with zero attached hydrogens (tertiary/aromatic N) is 2. The fraction of sp³-hybridized carbons (Fsp3) is 0.355. The molecule has 1 fully saturated rings. The van der Waals surface area contributed by atoms with E-state index in [4.69, 9.17) is 0 Å². The molecule has 1 aliphatic rings. The molecule has 0 bridgehead atoms. The van der Waals surface area contributed by atoms with Gasteiger partial charge in [-0.2, -0.15) is 0 Å². The Morgan fingerprint density at radius 1 is 0.900 bits per heavy atom. The normalized spacial score (nSPS) is 14.5. The molecule has 0 saturated heterocycles. The van der Waals surface area contributed by atoms with Crippen LogP contribution in [0.1, 0.15) is 49.3 Å². The minimum absolute atomic E-state index is 0.0953. The van der Waals surface area contributed by atoms with Crippen LogP contribution in [0.3, 0.4) is 0 Å². The molecule has 40 heavy (non-hydrogen) atoms. The van der Waals surface area contributed by atoms with Crippen molar-refractivity contribution in [2.24, 2.45) is 0 Å². The first-order chi connectivity index (χ1) is 19.0. The van der Waals surface area contributed by atoms with Crippen molar-refractivity contribution in [3.05, 3.63) is 94.0 Å². The summed E-state index contributed by atoms with van der Waals surface area (Å²) in [5, 5.41) is 3.09. The number of sulfonamides is 1. The van der Waals surface area contributed by atoms with Gasteiger partial charge in [-0.05, 0) is 75.6 Å². The van der Waals surface area contributed by atoms with Crippen molar-refractivity contribution < 1.29 is 18.0 Å². The highest BCUT2D eigenvalue weighted by atomic mass is 79.9. The highest BCUT2D eigenvalue weighted by Crippen LogP contribution is 2.26. The molecule has 1 atom stereocenters. The number of hydrogen-bond donors (Lipinski definition) is 1. The number of carbonyl (C=O) groups excluding carboxylic acids is 2. The minimum Gasteiger partial charge on any atom is -0.352 e. The van der Waals surface area contributed by atoms with Crippen LogP contribution >= 0.6 is 15.9 Å².